The number of para-hydroxylation sites is 2. The minimum Gasteiger partial charge on any atom is -0.273 e. The topological polar surface area (TPSA) is 84.3 Å². The van der Waals surface area contributed by atoms with Gasteiger partial charge >= 0.3 is 6.03 Å². The lowest BCUT2D eigenvalue weighted by molar-refractivity contribution is -0.122. The summed E-state index contributed by atoms with van der Waals surface area (Å²) >= 11 is 6.49. The highest BCUT2D eigenvalue weighted by Crippen LogP contribution is 2.28. The molecule has 0 radical (unpaired) electrons. The molecule has 1 aliphatic rings. The fourth-order valence-electron chi connectivity index (χ4n) is 3.03. The van der Waals surface area contributed by atoms with Crippen molar-refractivity contribution in [2.75, 3.05) is 4.90 Å². The predicted molar refractivity (Wildman–Crippen MR) is 109 cm³/mol. The number of anilines is 1. The van der Waals surface area contributed by atoms with Crippen LogP contribution >= 0.6 is 11.6 Å². The van der Waals surface area contributed by atoms with Crippen LogP contribution in [0.3, 0.4) is 0 Å². The SMILES string of the molecule is Cc1nn(-c2ccccc2)c(Cl)c1/C=C1/C(=O)NC(=O)N(c2ccccc2)C1=O. The van der Waals surface area contributed by atoms with E-state index in [0.29, 0.717) is 16.9 Å². The highest BCUT2D eigenvalue weighted by atomic mass is 35.5. The largest absolute Gasteiger partial charge is 0.335 e. The van der Waals surface area contributed by atoms with Crippen molar-refractivity contribution in [2.24, 2.45) is 0 Å². The Kier molecular flexibility index (Phi) is 4.74. The standard InChI is InChI=1S/C21H15ClN4O3/c1-13-16(18(22)26(24-13)15-10-6-3-7-11-15)12-17-19(27)23-21(29)25(20(17)28)14-8-4-2-5-9-14/h2-12H,1H3,(H,23,27,29)/b17-12-. The smallest absolute Gasteiger partial charge is 0.273 e. The normalized spacial score (nSPS) is 15.7. The number of nitrogens with zero attached hydrogens (tertiary/aromatic N) is 3. The molecule has 2 heterocycles. The number of benzene rings is 2. The van der Waals surface area contributed by atoms with E-state index >= 15 is 0 Å². The predicted octanol–water partition coefficient (Wildman–Crippen LogP) is 3.50. The summed E-state index contributed by atoms with van der Waals surface area (Å²) in [5, 5.41) is 6.85. The molecule has 1 aromatic heterocycles. The molecule has 144 valence electrons. The Labute approximate surface area is 171 Å². The molecule has 7 nitrogen and oxygen atoms in total. The van der Waals surface area contributed by atoms with Gasteiger partial charge < -0.3 is 0 Å². The van der Waals surface area contributed by atoms with Gasteiger partial charge in [-0.25, -0.2) is 14.4 Å². The van der Waals surface area contributed by atoms with Crippen LogP contribution < -0.4 is 10.2 Å². The third kappa shape index (κ3) is 3.32. The van der Waals surface area contributed by atoms with E-state index in [9.17, 15) is 14.4 Å². The first-order valence-corrected chi connectivity index (χ1v) is 9.12. The van der Waals surface area contributed by atoms with Crippen molar-refractivity contribution in [3.05, 3.63) is 82.6 Å². The molecule has 1 fully saturated rings. The van der Waals surface area contributed by atoms with Crippen LogP contribution in [0.2, 0.25) is 5.15 Å². The number of halogens is 1. The summed E-state index contributed by atoms with van der Waals surface area (Å²) in [7, 11) is 0. The Morgan fingerprint density at radius 2 is 1.52 bits per heavy atom. The number of carbonyl (C=O) groups is 3. The van der Waals surface area contributed by atoms with E-state index in [1.165, 1.54) is 10.8 Å². The second kappa shape index (κ2) is 7.37. The van der Waals surface area contributed by atoms with Gasteiger partial charge in [-0.15, -0.1) is 0 Å². The maximum absolute atomic E-state index is 13.0. The number of imide groups is 2. The molecule has 8 heteroatoms. The maximum atomic E-state index is 13.0. The quantitative estimate of drug-likeness (QED) is 0.533. The summed E-state index contributed by atoms with van der Waals surface area (Å²) in [5.74, 6) is -1.51. The molecule has 2 aromatic carbocycles. The Balaban J connectivity index is 1.78. The van der Waals surface area contributed by atoms with Crippen LogP contribution in [0.1, 0.15) is 11.3 Å². The van der Waals surface area contributed by atoms with E-state index in [-0.39, 0.29) is 10.7 Å². The summed E-state index contributed by atoms with van der Waals surface area (Å²) in [4.78, 5) is 38.5. The molecule has 0 spiro atoms. The molecule has 4 rings (SSSR count). The van der Waals surface area contributed by atoms with Gasteiger partial charge in [-0.2, -0.15) is 5.10 Å². The fourth-order valence-corrected chi connectivity index (χ4v) is 3.36. The van der Waals surface area contributed by atoms with Gasteiger partial charge in [0.2, 0.25) is 0 Å². The number of amides is 4. The lowest BCUT2D eigenvalue weighted by atomic mass is 10.1. The van der Waals surface area contributed by atoms with Gasteiger partial charge in [0.1, 0.15) is 10.7 Å². The molecule has 1 saturated heterocycles. The molecule has 1 aliphatic heterocycles. The Morgan fingerprint density at radius 1 is 0.931 bits per heavy atom. The van der Waals surface area contributed by atoms with Gasteiger partial charge in [0, 0.05) is 5.56 Å². The third-order valence-electron chi connectivity index (χ3n) is 4.45. The molecule has 0 unspecified atom stereocenters. The Morgan fingerprint density at radius 3 is 2.14 bits per heavy atom. The van der Waals surface area contributed by atoms with Gasteiger partial charge in [-0.3, -0.25) is 14.9 Å². The Hall–Kier alpha value is -3.71. The molecule has 29 heavy (non-hydrogen) atoms. The second-order valence-electron chi connectivity index (χ2n) is 6.33. The van der Waals surface area contributed by atoms with Gasteiger partial charge in [0.05, 0.1) is 17.1 Å². The van der Waals surface area contributed by atoms with Crippen molar-refractivity contribution >= 4 is 41.2 Å². The second-order valence-corrected chi connectivity index (χ2v) is 6.69. The zero-order valence-corrected chi connectivity index (χ0v) is 16.1. The lowest BCUT2D eigenvalue weighted by Gasteiger charge is -2.26. The van der Waals surface area contributed by atoms with E-state index in [1.807, 2.05) is 30.3 Å². The molecular weight excluding hydrogens is 392 g/mol. The van der Waals surface area contributed by atoms with Crippen LogP contribution in [0.4, 0.5) is 10.5 Å². The van der Waals surface area contributed by atoms with Gasteiger partial charge in [-0.05, 0) is 37.3 Å². The van der Waals surface area contributed by atoms with Crippen molar-refractivity contribution in [1.82, 2.24) is 15.1 Å². The average Bonchev–Trinajstić information content (AvgIpc) is 3.00. The van der Waals surface area contributed by atoms with Crippen molar-refractivity contribution in [2.45, 2.75) is 6.92 Å². The number of hydrogen-bond acceptors (Lipinski definition) is 4. The van der Waals surface area contributed by atoms with Gasteiger partial charge in [0.25, 0.3) is 11.8 Å². The molecule has 0 saturated carbocycles. The Bertz CT molecular complexity index is 1150. The first-order valence-electron chi connectivity index (χ1n) is 8.74. The van der Waals surface area contributed by atoms with E-state index < -0.39 is 17.8 Å². The number of nitrogens with one attached hydrogen (secondary N) is 1. The van der Waals surface area contributed by atoms with E-state index in [1.54, 1.807) is 37.3 Å². The number of carbonyl (C=O) groups excluding carboxylic acids is 3. The van der Waals surface area contributed by atoms with Crippen molar-refractivity contribution in [3.63, 3.8) is 0 Å². The molecule has 0 atom stereocenters. The van der Waals surface area contributed by atoms with Crippen molar-refractivity contribution < 1.29 is 14.4 Å². The van der Waals surface area contributed by atoms with Gasteiger partial charge in [-0.1, -0.05) is 48.0 Å². The van der Waals surface area contributed by atoms with Crippen molar-refractivity contribution in [3.8, 4) is 5.69 Å². The summed E-state index contributed by atoms with van der Waals surface area (Å²) in [5.41, 5.74) is 1.86. The summed E-state index contributed by atoms with van der Waals surface area (Å²) < 4.78 is 1.52. The van der Waals surface area contributed by atoms with Gasteiger partial charge in [0.15, 0.2) is 0 Å². The monoisotopic (exact) mass is 406 g/mol. The van der Waals surface area contributed by atoms with E-state index in [0.717, 1.165) is 10.6 Å². The van der Waals surface area contributed by atoms with Crippen molar-refractivity contribution in [1.29, 1.82) is 0 Å². The first-order chi connectivity index (χ1) is 14.0. The number of urea groups is 1. The fraction of sp³-hybridized carbons (Fsp3) is 0.0476. The molecular formula is C21H15ClN4O3. The minimum absolute atomic E-state index is 0.203. The molecule has 0 aliphatic carbocycles. The highest BCUT2D eigenvalue weighted by Gasteiger charge is 2.37. The van der Waals surface area contributed by atoms with Crippen LogP contribution in [0.15, 0.2) is 66.2 Å². The average molecular weight is 407 g/mol. The number of aromatic nitrogens is 2. The molecule has 4 amide bonds. The number of hydrogen-bond donors (Lipinski definition) is 1. The zero-order valence-electron chi connectivity index (χ0n) is 15.3. The number of rotatable bonds is 3. The molecule has 0 bridgehead atoms. The maximum Gasteiger partial charge on any atom is 0.335 e. The summed E-state index contributed by atoms with van der Waals surface area (Å²) in [6, 6.07) is 16.8. The summed E-state index contributed by atoms with van der Waals surface area (Å²) in [6.45, 7) is 1.73. The number of aryl methyl sites for hydroxylation is 1. The third-order valence-corrected chi connectivity index (χ3v) is 4.82. The minimum atomic E-state index is -0.800. The zero-order chi connectivity index (χ0) is 20.5. The molecule has 3 aromatic rings. The van der Waals surface area contributed by atoms with Crippen LogP contribution in [0.5, 0.6) is 0 Å². The summed E-state index contributed by atoms with van der Waals surface area (Å²) in [6.07, 6.45) is 1.37. The van der Waals surface area contributed by atoms with E-state index in [2.05, 4.69) is 10.4 Å². The highest BCUT2D eigenvalue weighted by molar-refractivity contribution is 6.39. The van der Waals surface area contributed by atoms with Crippen LogP contribution in [-0.2, 0) is 9.59 Å². The lowest BCUT2D eigenvalue weighted by Crippen LogP contribution is -2.54. The van der Waals surface area contributed by atoms with Crippen LogP contribution in [-0.4, -0.2) is 27.6 Å². The molecule has 1 N–H and O–H groups in total. The number of barbiturate groups is 1. The van der Waals surface area contributed by atoms with Crippen LogP contribution in [0.25, 0.3) is 11.8 Å². The first kappa shape index (κ1) is 18.6. The van der Waals surface area contributed by atoms with Crippen LogP contribution in [0, 0.1) is 6.92 Å². The van der Waals surface area contributed by atoms with E-state index in [4.69, 9.17) is 11.6 Å².